The standard InChI is InChI=1S/C13H10ClNO3/c14-11-4-6-13(7-5-11)18-9-10-2-1-3-12(8-10)15(16)17/h1-8H,9H2. The van der Waals surface area contributed by atoms with Gasteiger partial charge in [0.2, 0.25) is 0 Å². The molecule has 0 atom stereocenters. The second kappa shape index (κ2) is 5.51. The van der Waals surface area contributed by atoms with E-state index < -0.39 is 4.92 Å². The lowest BCUT2D eigenvalue weighted by molar-refractivity contribution is -0.384. The van der Waals surface area contributed by atoms with Crippen molar-refractivity contribution < 1.29 is 9.66 Å². The average molecular weight is 264 g/mol. The molecule has 4 nitrogen and oxygen atoms in total. The Morgan fingerprint density at radius 3 is 2.56 bits per heavy atom. The Morgan fingerprint density at radius 1 is 1.17 bits per heavy atom. The molecule has 0 heterocycles. The molecule has 92 valence electrons. The summed E-state index contributed by atoms with van der Waals surface area (Å²) in [6.07, 6.45) is 0. The number of hydrogen-bond acceptors (Lipinski definition) is 3. The largest absolute Gasteiger partial charge is 0.489 e. The molecule has 0 spiro atoms. The van der Waals surface area contributed by atoms with Crippen molar-refractivity contribution in [2.75, 3.05) is 0 Å². The molecule has 0 aromatic heterocycles. The molecule has 0 radical (unpaired) electrons. The number of nitro benzene ring substituents is 1. The first-order valence-corrected chi connectivity index (χ1v) is 5.64. The average Bonchev–Trinajstić information content (AvgIpc) is 2.38. The first kappa shape index (κ1) is 12.4. The molecule has 0 unspecified atom stereocenters. The predicted octanol–water partition coefficient (Wildman–Crippen LogP) is 3.83. The fourth-order valence-corrected chi connectivity index (χ4v) is 1.58. The monoisotopic (exact) mass is 263 g/mol. The van der Waals surface area contributed by atoms with Crippen molar-refractivity contribution in [3.05, 3.63) is 69.2 Å². The number of benzene rings is 2. The third kappa shape index (κ3) is 3.21. The van der Waals surface area contributed by atoms with Gasteiger partial charge in [-0.25, -0.2) is 0 Å². The van der Waals surface area contributed by atoms with Gasteiger partial charge in [-0.05, 0) is 29.8 Å². The maximum absolute atomic E-state index is 10.6. The van der Waals surface area contributed by atoms with E-state index in [1.54, 1.807) is 36.4 Å². The number of ether oxygens (including phenoxy) is 1. The van der Waals surface area contributed by atoms with Gasteiger partial charge in [0.1, 0.15) is 12.4 Å². The van der Waals surface area contributed by atoms with Gasteiger partial charge in [0.05, 0.1) is 4.92 Å². The van der Waals surface area contributed by atoms with Crippen molar-refractivity contribution >= 4 is 17.3 Å². The first-order chi connectivity index (χ1) is 8.65. The van der Waals surface area contributed by atoms with E-state index in [1.807, 2.05) is 0 Å². The highest BCUT2D eigenvalue weighted by molar-refractivity contribution is 6.30. The lowest BCUT2D eigenvalue weighted by atomic mass is 10.2. The molecule has 2 rings (SSSR count). The van der Waals surface area contributed by atoms with Gasteiger partial charge in [-0.1, -0.05) is 23.7 Å². The number of halogens is 1. The second-order valence-electron chi connectivity index (χ2n) is 3.67. The van der Waals surface area contributed by atoms with Crippen LogP contribution in [0.25, 0.3) is 0 Å². The molecule has 0 fully saturated rings. The normalized spacial score (nSPS) is 10.1. The van der Waals surface area contributed by atoms with Gasteiger partial charge in [-0.15, -0.1) is 0 Å². The van der Waals surface area contributed by atoms with E-state index in [9.17, 15) is 10.1 Å². The van der Waals surface area contributed by atoms with Crippen LogP contribution in [0.5, 0.6) is 5.75 Å². The summed E-state index contributed by atoms with van der Waals surface area (Å²) in [5.74, 6) is 0.672. The van der Waals surface area contributed by atoms with Gasteiger partial charge in [0, 0.05) is 17.2 Å². The van der Waals surface area contributed by atoms with Crippen LogP contribution in [0.15, 0.2) is 48.5 Å². The van der Waals surface area contributed by atoms with Crippen molar-refractivity contribution in [1.29, 1.82) is 0 Å². The molecule has 0 aliphatic heterocycles. The Kier molecular flexibility index (Phi) is 3.79. The van der Waals surface area contributed by atoms with Crippen molar-refractivity contribution in [3.8, 4) is 5.75 Å². The van der Waals surface area contributed by atoms with Crippen LogP contribution in [0.2, 0.25) is 5.02 Å². The van der Waals surface area contributed by atoms with E-state index in [2.05, 4.69) is 0 Å². The Hall–Kier alpha value is -2.07. The summed E-state index contributed by atoms with van der Waals surface area (Å²) in [4.78, 5) is 10.2. The van der Waals surface area contributed by atoms with E-state index >= 15 is 0 Å². The lowest BCUT2D eigenvalue weighted by Crippen LogP contribution is -1.96. The van der Waals surface area contributed by atoms with Gasteiger partial charge in [-0.3, -0.25) is 10.1 Å². The van der Waals surface area contributed by atoms with Crippen molar-refractivity contribution in [1.82, 2.24) is 0 Å². The van der Waals surface area contributed by atoms with Gasteiger partial charge in [0.15, 0.2) is 0 Å². The molecule has 0 N–H and O–H groups in total. The number of hydrogen-bond donors (Lipinski definition) is 0. The second-order valence-corrected chi connectivity index (χ2v) is 4.11. The molecule has 2 aromatic carbocycles. The minimum Gasteiger partial charge on any atom is -0.489 e. The van der Waals surface area contributed by atoms with Crippen molar-refractivity contribution in [3.63, 3.8) is 0 Å². The molecule has 0 saturated heterocycles. The summed E-state index contributed by atoms with van der Waals surface area (Å²) >= 11 is 5.75. The molecule has 5 heteroatoms. The number of nitrogens with zero attached hydrogens (tertiary/aromatic N) is 1. The number of rotatable bonds is 4. The van der Waals surface area contributed by atoms with Crippen LogP contribution < -0.4 is 4.74 Å². The van der Waals surface area contributed by atoms with E-state index in [0.29, 0.717) is 10.8 Å². The molecule has 0 bridgehead atoms. The molecular formula is C13H10ClNO3. The van der Waals surface area contributed by atoms with E-state index in [0.717, 1.165) is 5.56 Å². The molecule has 0 amide bonds. The minimum absolute atomic E-state index is 0.0622. The SMILES string of the molecule is O=[N+]([O-])c1cccc(COc2ccc(Cl)cc2)c1. The molecule has 0 saturated carbocycles. The van der Waals surface area contributed by atoms with Crippen LogP contribution in [0.1, 0.15) is 5.56 Å². The molecule has 0 aliphatic carbocycles. The predicted molar refractivity (Wildman–Crippen MR) is 68.9 cm³/mol. The number of nitro groups is 1. The third-order valence-corrected chi connectivity index (χ3v) is 2.59. The van der Waals surface area contributed by atoms with E-state index in [1.165, 1.54) is 12.1 Å². The molecule has 2 aromatic rings. The Labute approximate surface area is 109 Å². The van der Waals surface area contributed by atoms with Crippen molar-refractivity contribution in [2.45, 2.75) is 6.61 Å². The highest BCUT2D eigenvalue weighted by Gasteiger charge is 2.05. The van der Waals surface area contributed by atoms with Crippen LogP contribution in [0.3, 0.4) is 0 Å². The highest BCUT2D eigenvalue weighted by Crippen LogP contribution is 2.18. The fraction of sp³-hybridized carbons (Fsp3) is 0.0769. The maximum Gasteiger partial charge on any atom is 0.269 e. The van der Waals surface area contributed by atoms with Crippen LogP contribution in [-0.4, -0.2) is 4.92 Å². The summed E-state index contributed by atoms with van der Waals surface area (Å²) in [7, 11) is 0. The highest BCUT2D eigenvalue weighted by atomic mass is 35.5. The van der Waals surface area contributed by atoms with Gasteiger partial charge in [-0.2, -0.15) is 0 Å². The zero-order valence-corrected chi connectivity index (χ0v) is 10.1. The van der Waals surface area contributed by atoms with Gasteiger partial charge >= 0.3 is 0 Å². The molecular weight excluding hydrogens is 254 g/mol. The third-order valence-electron chi connectivity index (χ3n) is 2.34. The zero-order chi connectivity index (χ0) is 13.0. The fourth-order valence-electron chi connectivity index (χ4n) is 1.46. The Balaban J connectivity index is 2.04. The molecule has 0 aliphatic rings. The summed E-state index contributed by atoms with van der Waals surface area (Å²) < 4.78 is 5.50. The Morgan fingerprint density at radius 2 is 1.89 bits per heavy atom. The van der Waals surface area contributed by atoms with Gasteiger partial charge < -0.3 is 4.74 Å². The quantitative estimate of drug-likeness (QED) is 0.622. The summed E-state index contributed by atoms with van der Waals surface area (Å²) in [6, 6.07) is 13.3. The smallest absolute Gasteiger partial charge is 0.269 e. The van der Waals surface area contributed by atoms with Crippen LogP contribution in [-0.2, 0) is 6.61 Å². The van der Waals surface area contributed by atoms with Crippen molar-refractivity contribution in [2.24, 2.45) is 0 Å². The maximum atomic E-state index is 10.6. The molecule has 18 heavy (non-hydrogen) atoms. The summed E-state index contributed by atoms with van der Waals surface area (Å²) in [5.41, 5.74) is 0.811. The number of non-ortho nitro benzene ring substituents is 1. The lowest BCUT2D eigenvalue weighted by Gasteiger charge is -2.06. The topological polar surface area (TPSA) is 52.4 Å². The zero-order valence-electron chi connectivity index (χ0n) is 9.38. The van der Waals surface area contributed by atoms with E-state index in [4.69, 9.17) is 16.3 Å². The van der Waals surface area contributed by atoms with Crippen LogP contribution >= 0.6 is 11.6 Å². The summed E-state index contributed by atoms with van der Waals surface area (Å²) in [5, 5.41) is 11.3. The van der Waals surface area contributed by atoms with E-state index in [-0.39, 0.29) is 12.3 Å². The van der Waals surface area contributed by atoms with Gasteiger partial charge in [0.25, 0.3) is 5.69 Å². The van der Waals surface area contributed by atoms with Crippen LogP contribution in [0.4, 0.5) is 5.69 Å². The summed E-state index contributed by atoms with van der Waals surface area (Å²) in [6.45, 7) is 0.281. The minimum atomic E-state index is -0.425. The first-order valence-electron chi connectivity index (χ1n) is 5.27. The van der Waals surface area contributed by atoms with Crippen LogP contribution in [0, 0.1) is 10.1 Å². The Bertz CT molecular complexity index is 554.